The van der Waals surface area contributed by atoms with Crippen LogP contribution in [-0.2, 0) is 23.2 Å². The second-order valence-corrected chi connectivity index (χ2v) is 10.5. The Kier molecular flexibility index (Phi) is 8.75. The van der Waals surface area contributed by atoms with Gasteiger partial charge in [-0.2, -0.15) is 0 Å². The highest BCUT2D eigenvalue weighted by atomic mass is 35.5. The molecule has 4 aromatic rings. The van der Waals surface area contributed by atoms with Crippen LogP contribution in [0.15, 0.2) is 53.0 Å². The van der Waals surface area contributed by atoms with Crippen molar-refractivity contribution in [1.29, 1.82) is 0 Å². The number of methoxy groups -OCH3 is 1. The number of esters is 1. The summed E-state index contributed by atoms with van der Waals surface area (Å²) in [5.74, 6) is 0.547. The van der Waals surface area contributed by atoms with Crippen LogP contribution in [0.1, 0.15) is 21.7 Å². The fraction of sp³-hybridized carbons (Fsp3) is 0.200. The number of aromatic nitrogens is 3. The zero-order valence-corrected chi connectivity index (χ0v) is 23.2. The van der Waals surface area contributed by atoms with E-state index in [2.05, 4.69) is 15.5 Å². The molecule has 0 spiro atoms. The predicted octanol–water partition coefficient (Wildman–Crippen LogP) is 6.26. The number of thioether (sulfide) groups is 1. The number of benzene rings is 2. The summed E-state index contributed by atoms with van der Waals surface area (Å²) in [4.78, 5) is 25.3. The molecule has 0 radical (unpaired) electrons. The van der Waals surface area contributed by atoms with E-state index in [1.165, 1.54) is 30.2 Å². The minimum absolute atomic E-state index is 0.0674. The number of anilines is 1. The Hall–Kier alpha value is -3.05. The van der Waals surface area contributed by atoms with Gasteiger partial charge in [-0.1, -0.05) is 47.1 Å². The van der Waals surface area contributed by atoms with Crippen LogP contribution >= 0.6 is 46.3 Å². The van der Waals surface area contributed by atoms with E-state index in [0.29, 0.717) is 42.9 Å². The number of halogens is 2. The number of nitrogens with zero attached hydrogens (tertiary/aromatic N) is 3. The van der Waals surface area contributed by atoms with Gasteiger partial charge in [0.05, 0.1) is 12.9 Å². The maximum atomic E-state index is 12.7. The second kappa shape index (κ2) is 12.0. The van der Waals surface area contributed by atoms with Crippen LogP contribution in [0.5, 0.6) is 5.75 Å². The summed E-state index contributed by atoms with van der Waals surface area (Å²) in [6, 6.07) is 12.5. The first-order valence-corrected chi connectivity index (χ1v) is 13.5. The monoisotopic (exact) mass is 576 g/mol. The van der Waals surface area contributed by atoms with Crippen molar-refractivity contribution >= 4 is 63.2 Å². The van der Waals surface area contributed by atoms with Gasteiger partial charge in [0.2, 0.25) is 5.91 Å². The first kappa shape index (κ1) is 27.0. The lowest BCUT2D eigenvalue weighted by Crippen LogP contribution is -2.16. The molecule has 0 bridgehead atoms. The Bertz CT molecular complexity index is 1440. The molecule has 2 aromatic carbocycles. The first-order valence-electron chi connectivity index (χ1n) is 10.9. The molecular weight excluding hydrogens is 555 g/mol. The summed E-state index contributed by atoms with van der Waals surface area (Å²) in [6.45, 7) is 2.12. The van der Waals surface area contributed by atoms with E-state index < -0.39 is 5.97 Å². The van der Waals surface area contributed by atoms with Crippen molar-refractivity contribution < 1.29 is 19.1 Å². The van der Waals surface area contributed by atoms with E-state index in [1.807, 2.05) is 25.1 Å². The third-order valence-corrected chi connectivity index (χ3v) is 7.74. The van der Waals surface area contributed by atoms with E-state index in [0.717, 1.165) is 11.1 Å². The van der Waals surface area contributed by atoms with Gasteiger partial charge >= 0.3 is 5.97 Å². The number of rotatable bonds is 9. The summed E-state index contributed by atoms with van der Waals surface area (Å²) in [5, 5.41) is 15.2. The Labute approximate surface area is 231 Å². The Balaban J connectivity index is 1.40. The van der Waals surface area contributed by atoms with Crippen molar-refractivity contribution in [1.82, 2.24) is 14.8 Å². The molecule has 0 saturated heterocycles. The average Bonchev–Trinajstić information content (AvgIpc) is 3.45. The number of ether oxygens (including phenoxy) is 2. The zero-order valence-electron chi connectivity index (χ0n) is 20.1. The number of hydrogen-bond acceptors (Lipinski definition) is 8. The van der Waals surface area contributed by atoms with Gasteiger partial charge in [-0.15, -0.1) is 21.5 Å². The fourth-order valence-corrected chi connectivity index (χ4v) is 5.46. The number of carbonyl (C=O) groups is 2. The van der Waals surface area contributed by atoms with Gasteiger partial charge in [-0.3, -0.25) is 4.79 Å². The molecule has 0 aliphatic heterocycles. The third kappa shape index (κ3) is 6.45. The predicted molar refractivity (Wildman–Crippen MR) is 147 cm³/mol. The second-order valence-electron chi connectivity index (χ2n) is 7.85. The Morgan fingerprint density at radius 3 is 2.54 bits per heavy atom. The van der Waals surface area contributed by atoms with Crippen LogP contribution < -0.4 is 10.1 Å². The molecule has 0 saturated carbocycles. The molecule has 8 nitrogen and oxygen atoms in total. The van der Waals surface area contributed by atoms with Crippen LogP contribution in [-0.4, -0.2) is 39.5 Å². The lowest BCUT2D eigenvalue weighted by Gasteiger charge is -2.09. The molecule has 0 aliphatic carbocycles. The average molecular weight is 578 g/mol. The Morgan fingerprint density at radius 1 is 1.11 bits per heavy atom. The molecule has 2 heterocycles. The standard InChI is InChI=1S/C25H22Cl2N4O4S2/c1-14-10-17(27)8-9-19(14)35-11-20-29-30-25(31(20)2)37-13-21(32)28-23-22(24(33)34-3)18(12-36-23)15-4-6-16(26)7-5-15/h4-10,12H,11,13H2,1-3H3,(H,28,32). The smallest absolute Gasteiger partial charge is 0.341 e. The molecule has 0 atom stereocenters. The zero-order chi connectivity index (χ0) is 26.5. The normalized spacial score (nSPS) is 10.8. The highest BCUT2D eigenvalue weighted by molar-refractivity contribution is 7.99. The summed E-state index contributed by atoms with van der Waals surface area (Å²) in [5.41, 5.74) is 2.66. The highest BCUT2D eigenvalue weighted by Gasteiger charge is 2.23. The molecule has 12 heteroatoms. The minimum Gasteiger partial charge on any atom is -0.485 e. The first-order chi connectivity index (χ1) is 17.8. The van der Waals surface area contributed by atoms with Crippen LogP contribution in [0.4, 0.5) is 5.00 Å². The molecule has 1 amide bonds. The van der Waals surface area contributed by atoms with Gasteiger partial charge in [-0.25, -0.2) is 4.79 Å². The number of amides is 1. The van der Waals surface area contributed by atoms with Gasteiger partial charge in [0, 0.05) is 28.0 Å². The fourth-order valence-electron chi connectivity index (χ4n) is 3.40. The van der Waals surface area contributed by atoms with Gasteiger partial charge in [0.25, 0.3) is 0 Å². The van der Waals surface area contributed by atoms with Crippen LogP contribution in [0, 0.1) is 6.92 Å². The summed E-state index contributed by atoms with van der Waals surface area (Å²) in [7, 11) is 3.11. The lowest BCUT2D eigenvalue weighted by molar-refractivity contribution is -0.113. The number of nitrogens with one attached hydrogen (secondary N) is 1. The molecule has 1 N–H and O–H groups in total. The molecule has 2 aromatic heterocycles. The number of carbonyl (C=O) groups excluding carboxylic acids is 2. The van der Waals surface area contributed by atoms with Crippen LogP contribution in [0.2, 0.25) is 10.0 Å². The van der Waals surface area contributed by atoms with Crippen molar-refractivity contribution in [3.8, 4) is 16.9 Å². The summed E-state index contributed by atoms with van der Waals surface area (Å²) >= 11 is 14.5. The maximum absolute atomic E-state index is 12.7. The van der Waals surface area contributed by atoms with E-state index in [9.17, 15) is 9.59 Å². The van der Waals surface area contributed by atoms with Gasteiger partial charge in [0.15, 0.2) is 11.0 Å². The Morgan fingerprint density at radius 2 is 1.84 bits per heavy atom. The van der Waals surface area contributed by atoms with Gasteiger partial charge in [-0.05, 0) is 48.4 Å². The highest BCUT2D eigenvalue weighted by Crippen LogP contribution is 2.36. The molecule has 0 aliphatic rings. The number of hydrogen-bond donors (Lipinski definition) is 1. The maximum Gasteiger partial charge on any atom is 0.341 e. The minimum atomic E-state index is -0.539. The molecule has 4 rings (SSSR count). The SMILES string of the molecule is COC(=O)c1c(-c2ccc(Cl)cc2)csc1NC(=O)CSc1nnc(COc2ccc(Cl)cc2C)n1C. The topological polar surface area (TPSA) is 95.3 Å². The number of aryl methyl sites for hydroxylation is 1. The largest absolute Gasteiger partial charge is 0.485 e. The molecule has 0 fully saturated rings. The molecule has 192 valence electrons. The van der Waals surface area contributed by atoms with E-state index in [1.54, 1.807) is 41.3 Å². The molecule has 0 unspecified atom stereocenters. The molecular formula is C25H22Cl2N4O4S2. The lowest BCUT2D eigenvalue weighted by atomic mass is 10.0. The van der Waals surface area contributed by atoms with Crippen molar-refractivity contribution in [3.63, 3.8) is 0 Å². The summed E-state index contributed by atoms with van der Waals surface area (Å²) in [6.07, 6.45) is 0. The number of thiophene rings is 1. The van der Waals surface area contributed by atoms with E-state index >= 15 is 0 Å². The van der Waals surface area contributed by atoms with Gasteiger partial charge < -0.3 is 19.4 Å². The third-order valence-electron chi connectivity index (χ3n) is 5.34. The van der Waals surface area contributed by atoms with Crippen molar-refractivity contribution in [2.45, 2.75) is 18.7 Å². The van der Waals surface area contributed by atoms with Gasteiger partial charge in [0.1, 0.15) is 22.9 Å². The van der Waals surface area contributed by atoms with Crippen LogP contribution in [0.25, 0.3) is 11.1 Å². The van der Waals surface area contributed by atoms with Crippen LogP contribution in [0.3, 0.4) is 0 Å². The summed E-state index contributed by atoms with van der Waals surface area (Å²) < 4.78 is 12.6. The van der Waals surface area contributed by atoms with Crippen molar-refractivity contribution in [3.05, 3.63) is 74.8 Å². The van der Waals surface area contributed by atoms with Crippen molar-refractivity contribution in [2.75, 3.05) is 18.2 Å². The molecule has 37 heavy (non-hydrogen) atoms. The van der Waals surface area contributed by atoms with Crippen molar-refractivity contribution in [2.24, 2.45) is 7.05 Å². The van der Waals surface area contributed by atoms with E-state index in [-0.39, 0.29) is 18.3 Å². The van der Waals surface area contributed by atoms with E-state index in [4.69, 9.17) is 32.7 Å². The quantitative estimate of drug-likeness (QED) is 0.186.